The van der Waals surface area contributed by atoms with Crippen LogP contribution in [0.15, 0.2) is 30.3 Å². The van der Waals surface area contributed by atoms with Gasteiger partial charge in [0.15, 0.2) is 0 Å². The highest BCUT2D eigenvalue weighted by Gasteiger charge is 2.27. The van der Waals surface area contributed by atoms with Crippen molar-refractivity contribution in [2.24, 2.45) is 5.92 Å². The molecular weight excluding hydrogens is 326 g/mol. The Labute approximate surface area is 148 Å². The number of ether oxygens (including phenoxy) is 2. The minimum atomic E-state index is -0.818. The lowest BCUT2D eigenvalue weighted by atomic mass is 10.0. The summed E-state index contributed by atoms with van der Waals surface area (Å²) in [5, 5.41) is 2.65. The van der Waals surface area contributed by atoms with Gasteiger partial charge in [0.25, 0.3) is 0 Å². The normalized spacial score (nSPS) is 12.4. The third-order valence-corrected chi connectivity index (χ3v) is 3.20. The zero-order chi connectivity index (χ0) is 18.3. The molecule has 1 aromatic carbocycles. The molecule has 132 valence electrons. The average molecular weight is 351 g/mol. The number of amides is 1. The molecule has 0 spiro atoms. The van der Waals surface area contributed by atoms with Crippen LogP contribution >= 0.6 is 12.2 Å². The molecule has 1 N–H and O–H groups in total. The summed E-state index contributed by atoms with van der Waals surface area (Å²) in [6.07, 6.45) is -0.231. The van der Waals surface area contributed by atoms with Crippen LogP contribution in [0.3, 0.4) is 0 Å². The van der Waals surface area contributed by atoms with Gasteiger partial charge in [-0.15, -0.1) is 0 Å². The van der Waals surface area contributed by atoms with Crippen LogP contribution in [0.1, 0.15) is 46.6 Å². The van der Waals surface area contributed by atoms with E-state index in [-0.39, 0.29) is 11.0 Å². The number of nitrogens with one attached hydrogen (secondary N) is 1. The van der Waals surface area contributed by atoms with E-state index in [0.29, 0.717) is 12.0 Å². The first-order chi connectivity index (χ1) is 11.1. The van der Waals surface area contributed by atoms with Gasteiger partial charge in [0, 0.05) is 5.56 Å². The number of hydrogen-bond donors (Lipinski definition) is 1. The van der Waals surface area contributed by atoms with Crippen molar-refractivity contribution in [3.63, 3.8) is 0 Å². The van der Waals surface area contributed by atoms with E-state index in [2.05, 4.69) is 5.32 Å². The van der Waals surface area contributed by atoms with Gasteiger partial charge >= 0.3 is 12.1 Å². The molecular formula is C18H25NO4S. The summed E-state index contributed by atoms with van der Waals surface area (Å²) in [5.74, 6) is -0.411. The monoisotopic (exact) mass is 351 g/mol. The van der Waals surface area contributed by atoms with E-state index >= 15 is 0 Å². The quantitative estimate of drug-likeness (QED) is 0.645. The Morgan fingerprint density at radius 2 is 1.75 bits per heavy atom. The Morgan fingerprint density at radius 1 is 1.17 bits per heavy atom. The molecule has 24 heavy (non-hydrogen) atoms. The van der Waals surface area contributed by atoms with Crippen molar-refractivity contribution in [2.45, 2.75) is 52.7 Å². The number of thiocarbonyl (C=S) groups is 1. The van der Waals surface area contributed by atoms with Crippen LogP contribution in [0.4, 0.5) is 4.79 Å². The lowest BCUT2D eigenvalue weighted by Gasteiger charge is -2.23. The fraction of sp³-hybridized carbons (Fsp3) is 0.500. The largest absolute Gasteiger partial charge is 0.444 e. The first-order valence-corrected chi connectivity index (χ1v) is 8.30. The summed E-state index contributed by atoms with van der Waals surface area (Å²) in [7, 11) is 0. The van der Waals surface area contributed by atoms with Crippen molar-refractivity contribution in [2.75, 3.05) is 0 Å². The van der Waals surface area contributed by atoms with Crippen LogP contribution in [0.5, 0.6) is 0 Å². The molecule has 5 nitrogen and oxygen atoms in total. The highest BCUT2D eigenvalue weighted by molar-refractivity contribution is 7.80. The molecule has 0 heterocycles. The van der Waals surface area contributed by atoms with E-state index in [1.54, 1.807) is 45.0 Å². The lowest BCUT2D eigenvalue weighted by molar-refractivity contribution is -0.138. The number of carbonyl (C=O) groups is 2. The van der Waals surface area contributed by atoms with Gasteiger partial charge in [-0.3, -0.25) is 0 Å². The van der Waals surface area contributed by atoms with E-state index in [1.165, 1.54) is 0 Å². The fourth-order valence-electron chi connectivity index (χ4n) is 1.93. The van der Waals surface area contributed by atoms with E-state index in [1.807, 2.05) is 19.9 Å². The van der Waals surface area contributed by atoms with Crippen LogP contribution in [-0.2, 0) is 14.3 Å². The average Bonchev–Trinajstić information content (AvgIpc) is 2.44. The first kappa shape index (κ1) is 20.1. The Bertz CT molecular complexity index is 578. The van der Waals surface area contributed by atoms with Crippen LogP contribution in [0.2, 0.25) is 0 Å². The molecule has 0 aromatic heterocycles. The molecule has 0 aliphatic heterocycles. The van der Waals surface area contributed by atoms with E-state index in [9.17, 15) is 9.59 Å². The van der Waals surface area contributed by atoms with Crippen molar-refractivity contribution < 1.29 is 19.1 Å². The molecule has 6 heteroatoms. The summed E-state index contributed by atoms with van der Waals surface area (Å²) in [5.41, 5.74) is -0.00295. The highest BCUT2D eigenvalue weighted by atomic mass is 32.1. The van der Waals surface area contributed by atoms with E-state index < -0.39 is 23.7 Å². The Balaban J connectivity index is 2.74. The van der Waals surface area contributed by atoms with Crippen molar-refractivity contribution in [1.82, 2.24) is 5.32 Å². The summed E-state index contributed by atoms with van der Waals surface area (Å²) < 4.78 is 10.5. The number of esters is 1. The molecule has 1 rings (SSSR count). The maximum Gasteiger partial charge on any atom is 0.408 e. The van der Waals surface area contributed by atoms with Gasteiger partial charge in [0.1, 0.15) is 11.6 Å². The molecule has 0 radical (unpaired) electrons. The summed E-state index contributed by atoms with van der Waals surface area (Å²) in [6, 6.07) is 8.16. The Kier molecular flexibility index (Phi) is 7.35. The third kappa shape index (κ3) is 7.55. The molecule has 1 aromatic rings. The lowest BCUT2D eigenvalue weighted by Crippen LogP contribution is -2.45. The van der Waals surface area contributed by atoms with E-state index in [4.69, 9.17) is 21.7 Å². The molecule has 0 bridgehead atoms. The first-order valence-electron chi connectivity index (χ1n) is 7.89. The predicted molar refractivity (Wildman–Crippen MR) is 96.8 cm³/mol. The van der Waals surface area contributed by atoms with Gasteiger partial charge in [-0.2, -0.15) is 0 Å². The van der Waals surface area contributed by atoms with Gasteiger partial charge in [0.2, 0.25) is 5.05 Å². The number of benzene rings is 1. The van der Waals surface area contributed by atoms with Crippen LogP contribution in [0, 0.1) is 5.92 Å². The molecule has 0 aliphatic rings. The number of carbonyl (C=O) groups excluding carboxylic acids is 2. The molecule has 0 saturated heterocycles. The number of alkyl carbamates (subject to hydrolysis) is 1. The van der Waals surface area contributed by atoms with Crippen molar-refractivity contribution in [3.8, 4) is 0 Å². The van der Waals surface area contributed by atoms with Gasteiger partial charge in [-0.05, 0) is 45.3 Å². The molecule has 1 amide bonds. The summed E-state index contributed by atoms with van der Waals surface area (Å²) in [6.45, 7) is 9.17. The molecule has 1 unspecified atom stereocenters. The van der Waals surface area contributed by atoms with Gasteiger partial charge in [0.05, 0.1) is 0 Å². The van der Waals surface area contributed by atoms with E-state index in [0.717, 1.165) is 0 Å². The summed E-state index contributed by atoms with van der Waals surface area (Å²) >= 11 is 5.14. The second-order valence-corrected chi connectivity index (χ2v) is 7.27. The Morgan fingerprint density at radius 3 is 2.25 bits per heavy atom. The van der Waals surface area contributed by atoms with Crippen molar-refractivity contribution in [1.29, 1.82) is 0 Å². The summed E-state index contributed by atoms with van der Waals surface area (Å²) in [4.78, 5) is 24.3. The standard InChI is InChI=1S/C18H25NO4S/c1-12(2)11-14(19-17(21)23-18(3,4)5)15(20)22-16(24)13-9-7-6-8-10-13/h6-10,12,14H,11H2,1-5H3,(H,19,21). The minimum Gasteiger partial charge on any atom is -0.444 e. The minimum absolute atomic E-state index is 0.0837. The fourth-order valence-corrected chi connectivity index (χ4v) is 2.15. The zero-order valence-corrected chi connectivity index (χ0v) is 15.6. The topological polar surface area (TPSA) is 64.6 Å². The Hall–Kier alpha value is -1.95. The molecule has 1 atom stereocenters. The van der Waals surface area contributed by atoms with Crippen LogP contribution < -0.4 is 5.32 Å². The van der Waals surface area contributed by atoms with Gasteiger partial charge in [-0.25, -0.2) is 9.59 Å². The van der Waals surface area contributed by atoms with Gasteiger partial charge < -0.3 is 14.8 Å². The molecule has 0 fully saturated rings. The maximum absolute atomic E-state index is 12.4. The maximum atomic E-state index is 12.4. The molecule has 0 aliphatic carbocycles. The third-order valence-electron chi connectivity index (χ3n) is 2.89. The number of rotatable bonds is 5. The smallest absolute Gasteiger partial charge is 0.408 e. The zero-order valence-electron chi connectivity index (χ0n) is 14.8. The SMILES string of the molecule is CC(C)CC(NC(=O)OC(C)(C)C)C(=O)OC(=S)c1ccccc1. The van der Waals surface area contributed by atoms with Gasteiger partial charge in [-0.1, -0.05) is 44.2 Å². The molecule has 0 saturated carbocycles. The predicted octanol–water partition coefficient (Wildman–Crippen LogP) is 3.84. The van der Waals surface area contributed by atoms with Crippen molar-refractivity contribution in [3.05, 3.63) is 35.9 Å². The highest BCUT2D eigenvalue weighted by Crippen LogP contribution is 2.12. The number of hydrogen-bond acceptors (Lipinski definition) is 5. The second-order valence-electron chi connectivity index (χ2n) is 6.90. The van der Waals surface area contributed by atoms with Crippen LogP contribution in [0.25, 0.3) is 0 Å². The van der Waals surface area contributed by atoms with Crippen LogP contribution in [-0.4, -0.2) is 28.8 Å². The second kappa shape index (κ2) is 8.78. The van der Waals surface area contributed by atoms with Crippen molar-refractivity contribution >= 4 is 29.3 Å².